The molecule has 0 bridgehead atoms. The summed E-state index contributed by atoms with van der Waals surface area (Å²) < 4.78 is 5.30. The lowest BCUT2D eigenvalue weighted by atomic mass is 9.87. The van der Waals surface area contributed by atoms with Gasteiger partial charge < -0.3 is 30.3 Å². The van der Waals surface area contributed by atoms with Crippen molar-refractivity contribution in [3.05, 3.63) is 48.0 Å². The van der Waals surface area contributed by atoms with Gasteiger partial charge in [0.15, 0.2) is 0 Å². The van der Waals surface area contributed by atoms with Crippen LogP contribution in [0.3, 0.4) is 0 Å². The van der Waals surface area contributed by atoms with Crippen LogP contribution in [-0.4, -0.2) is 56.6 Å². The second-order valence-corrected chi connectivity index (χ2v) is 5.52. The lowest BCUT2D eigenvalue weighted by Gasteiger charge is -2.45. The molecule has 5 atom stereocenters. The molecule has 0 spiro atoms. The van der Waals surface area contributed by atoms with Crippen molar-refractivity contribution in [3.63, 3.8) is 0 Å². The molecule has 5 N–H and O–H groups in total. The molecule has 0 aliphatic carbocycles. The molecule has 22 heavy (non-hydrogen) atoms. The van der Waals surface area contributed by atoms with E-state index in [1.165, 1.54) is 0 Å². The summed E-state index contributed by atoms with van der Waals surface area (Å²) in [5, 5.41) is 51.5. The Morgan fingerprint density at radius 1 is 0.955 bits per heavy atom. The van der Waals surface area contributed by atoms with Gasteiger partial charge in [0.2, 0.25) is 5.79 Å². The number of fused-ring (bicyclic) bond motifs is 1. The zero-order valence-corrected chi connectivity index (χ0v) is 11.7. The lowest BCUT2D eigenvalue weighted by Crippen LogP contribution is -2.63. The third-order valence-electron chi connectivity index (χ3n) is 4.13. The van der Waals surface area contributed by atoms with Crippen LogP contribution in [-0.2, 0) is 10.5 Å². The van der Waals surface area contributed by atoms with Gasteiger partial charge in [-0.3, -0.25) is 0 Å². The number of hydrogen-bond acceptors (Lipinski definition) is 6. The zero-order chi connectivity index (χ0) is 15.9. The first-order valence-corrected chi connectivity index (χ1v) is 7.02. The Morgan fingerprint density at radius 2 is 1.64 bits per heavy atom. The molecular formula is C16H18O6. The van der Waals surface area contributed by atoms with Crippen LogP contribution >= 0.6 is 0 Å². The molecule has 2 aromatic rings. The Bertz CT molecular complexity index is 672. The maximum absolute atomic E-state index is 10.7. The van der Waals surface area contributed by atoms with Gasteiger partial charge in [0.1, 0.15) is 24.4 Å². The number of ether oxygens (including phenoxy) is 1. The summed E-state index contributed by atoms with van der Waals surface area (Å²) >= 11 is 0. The Kier molecular flexibility index (Phi) is 3.90. The highest BCUT2D eigenvalue weighted by molar-refractivity contribution is 5.83. The normalized spacial score (nSPS) is 35.7. The van der Waals surface area contributed by atoms with E-state index in [1.807, 2.05) is 24.3 Å². The largest absolute Gasteiger partial charge is 0.394 e. The number of hydrogen-bond donors (Lipinski definition) is 5. The lowest BCUT2D eigenvalue weighted by molar-refractivity contribution is -0.357. The molecule has 2 aromatic carbocycles. The summed E-state index contributed by atoms with van der Waals surface area (Å²) in [6, 6.07) is 12.4. The maximum Gasteiger partial charge on any atom is 0.222 e. The fraction of sp³-hybridized carbons (Fsp3) is 0.375. The minimum absolute atomic E-state index is 0.239. The molecule has 6 nitrogen and oxygen atoms in total. The average Bonchev–Trinajstić information content (AvgIpc) is 2.56. The van der Waals surface area contributed by atoms with Crippen molar-refractivity contribution in [2.45, 2.75) is 30.2 Å². The third kappa shape index (κ3) is 2.30. The summed E-state index contributed by atoms with van der Waals surface area (Å²) in [7, 11) is 0. The molecule has 1 aliphatic rings. The average molecular weight is 306 g/mol. The van der Waals surface area contributed by atoms with E-state index in [1.54, 1.807) is 18.2 Å². The van der Waals surface area contributed by atoms with Crippen LogP contribution < -0.4 is 0 Å². The molecule has 0 aromatic heterocycles. The van der Waals surface area contributed by atoms with Gasteiger partial charge in [0, 0.05) is 5.56 Å². The van der Waals surface area contributed by atoms with Crippen molar-refractivity contribution < 1.29 is 30.3 Å². The van der Waals surface area contributed by atoms with Crippen molar-refractivity contribution in [2.75, 3.05) is 6.61 Å². The fourth-order valence-corrected chi connectivity index (χ4v) is 2.80. The standard InChI is InChI=1S/C16H18O6/c17-8-12-13(18)14(19)15(20)16(21,22-12)11-6-5-9-3-1-2-4-10(9)7-11/h1-7,12-15,17-21H,8H2/t12-,13-,14+,15-,16+/m1/s1. The highest BCUT2D eigenvalue weighted by Gasteiger charge is 2.53. The van der Waals surface area contributed by atoms with Gasteiger partial charge in [-0.15, -0.1) is 0 Å². The van der Waals surface area contributed by atoms with Gasteiger partial charge >= 0.3 is 0 Å². The van der Waals surface area contributed by atoms with Crippen LogP contribution in [0.1, 0.15) is 5.56 Å². The molecule has 0 saturated carbocycles. The molecule has 1 aliphatic heterocycles. The molecule has 1 heterocycles. The van der Waals surface area contributed by atoms with Crippen LogP contribution in [0.2, 0.25) is 0 Å². The van der Waals surface area contributed by atoms with Gasteiger partial charge in [-0.2, -0.15) is 0 Å². The first-order valence-electron chi connectivity index (χ1n) is 7.02. The second-order valence-electron chi connectivity index (χ2n) is 5.52. The summed E-state index contributed by atoms with van der Waals surface area (Å²) in [6.45, 7) is -0.596. The van der Waals surface area contributed by atoms with E-state index in [0.29, 0.717) is 0 Å². The van der Waals surface area contributed by atoms with Crippen LogP contribution in [0, 0.1) is 0 Å². The van der Waals surface area contributed by atoms with Gasteiger partial charge in [-0.25, -0.2) is 0 Å². The van der Waals surface area contributed by atoms with Gasteiger partial charge in [0.25, 0.3) is 0 Å². The molecule has 6 heteroatoms. The van der Waals surface area contributed by atoms with Gasteiger partial charge in [-0.1, -0.05) is 36.4 Å². The molecule has 0 amide bonds. The third-order valence-corrected chi connectivity index (χ3v) is 4.13. The number of benzene rings is 2. The quantitative estimate of drug-likeness (QED) is 0.510. The van der Waals surface area contributed by atoms with Crippen LogP contribution in [0.4, 0.5) is 0 Å². The zero-order valence-electron chi connectivity index (χ0n) is 11.7. The van der Waals surface area contributed by atoms with Gasteiger partial charge in [-0.05, 0) is 16.8 Å². The maximum atomic E-state index is 10.7. The first kappa shape index (κ1) is 15.4. The van der Waals surface area contributed by atoms with Crippen molar-refractivity contribution in [2.24, 2.45) is 0 Å². The second kappa shape index (κ2) is 5.58. The molecule has 1 saturated heterocycles. The Morgan fingerprint density at radius 3 is 2.32 bits per heavy atom. The minimum Gasteiger partial charge on any atom is -0.394 e. The van der Waals surface area contributed by atoms with Crippen molar-refractivity contribution >= 4 is 10.8 Å². The molecular weight excluding hydrogens is 288 g/mol. The number of rotatable bonds is 2. The molecule has 3 rings (SSSR count). The Hall–Kier alpha value is -1.54. The minimum atomic E-state index is -2.21. The van der Waals surface area contributed by atoms with Crippen molar-refractivity contribution in [1.29, 1.82) is 0 Å². The van der Waals surface area contributed by atoms with E-state index in [2.05, 4.69) is 0 Å². The monoisotopic (exact) mass is 306 g/mol. The highest BCUT2D eigenvalue weighted by Crippen LogP contribution is 2.37. The van der Waals surface area contributed by atoms with E-state index in [4.69, 9.17) is 4.74 Å². The predicted octanol–water partition coefficient (Wildman–Crippen LogP) is -0.541. The van der Waals surface area contributed by atoms with Crippen LogP contribution in [0.25, 0.3) is 10.8 Å². The highest BCUT2D eigenvalue weighted by atomic mass is 16.7. The van der Waals surface area contributed by atoms with Crippen LogP contribution in [0.5, 0.6) is 0 Å². The smallest absolute Gasteiger partial charge is 0.222 e. The Balaban J connectivity index is 2.05. The summed E-state index contributed by atoms with van der Waals surface area (Å²) in [6.07, 6.45) is -6.07. The van der Waals surface area contributed by atoms with E-state index in [0.717, 1.165) is 10.8 Å². The van der Waals surface area contributed by atoms with Crippen molar-refractivity contribution in [1.82, 2.24) is 0 Å². The van der Waals surface area contributed by atoms with Gasteiger partial charge in [0.05, 0.1) is 6.61 Å². The van der Waals surface area contributed by atoms with E-state index >= 15 is 0 Å². The summed E-state index contributed by atoms with van der Waals surface area (Å²) in [5.74, 6) is -2.21. The molecule has 118 valence electrons. The number of aliphatic hydroxyl groups excluding tert-OH is 4. The fourth-order valence-electron chi connectivity index (χ4n) is 2.80. The first-order chi connectivity index (χ1) is 10.5. The van der Waals surface area contributed by atoms with E-state index in [9.17, 15) is 25.5 Å². The summed E-state index contributed by atoms with van der Waals surface area (Å²) in [5.41, 5.74) is 0.239. The van der Waals surface area contributed by atoms with E-state index in [-0.39, 0.29) is 5.56 Å². The topological polar surface area (TPSA) is 110 Å². The Labute approximate surface area is 126 Å². The number of aliphatic hydroxyl groups is 5. The molecule has 0 radical (unpaired) electrons. The molecule has 1 fully saturated rings. The van der Waals surface area contributed by atoms with Crippen molar-refractivity contribution in [3.8, 4) is 0 Å². The molecule has 0 unspecified atom stereocenters. The SMILES string of the molecule is OC[C@H]1O[C@@](O)(c2ccc3ccccc3c2)[C@H](O)[C@@H](O)[C@@H]1O. The van der Waals surface area contributed by atoms with E-state index < -0.39 is 36.8 Å². The predicted molar refractivity (Wildman–Crippen MR) is 77.8 cm³/mol. The van der Waals surface area contributed by atoms with Crippen LogP contribution in [0.15, 0.2) is 42.5 Å². The summed E-state index contributed by atoms with van der Waals surface area (Å²) in [4.78, 5) is 0.